The third kappa shape index (κ3) is 5.55. The van der Waals surface area contributed by atoms with Crippen LogP contribution in [0.15, 0.2) is 42.7 Å². The van der Waals surface area contributed by atoms with Crippen LogP contribution in [0.2, 0.25) is 0 Å². The molecule has 3 heterocycles. The Kier molecular flexibility index (Phi) is 6.37. The van der Waals surface area contributed by atoms with Crippen molar-refractivity contribution >= 4 is 23.8 Å². The highest BCUT2D eigenvalue weighted by molar-refractivity contribution is 5.68. The number of anilines is 2. The summed E-state index contributed by atoms with van der Waals surface area (Å²) in [5.74, 6) is 2.71. The number of phenolic OH excluding ortho intramolecular Hbond substituents is 1. The van der Waals surface area contributed by atoms with Crippen molar-refractivity contribution < 1.29 is 5.11 Å². The van der Waals surface area contributed by atoms with E-state index in [1.165, 1.54) is 0 Å². The largest absolute Gasteiger partial charge is 0.508 e. The van der Waals surface area contributed by atoms with Crippen molar-refractivity contribution in [1.82, 2.24) is 25.3 Å². The zero-order valence-electron chi connectivity index (χ0n) is 17.8. The molecule has 2 aromatic heterocycles. The molecular weight excluding hydrogens is 390 g/mol. The first kappa shape index (κ1) is 20.7. The number of benzene rings is 1. The lowest BCUT2D eigenvalue weighted by Crippen LogP contribution is -2.44. The molecule has 1 aromatic carbocycles. The highest BCUT2D eigenvalue weighted by atomic mass is 16.3. The predicted molar refractivity (Wildman–Crippen MR) is 123 cm³/mol. The minimum absolute atomic E-state index is 0.0539. The fourth-order valence-electron chi connectivity index (χ4n) is 3.45. The van der Waals surface area contributed by atoms with E-state index in [0.29, 0.717) is 0 Å². The van der Waals surface area contributed by atoms with Gasteiger partial charge < -0.3 is 20.6 Å². The van der Waals surface area contributed by atoms with E-state index in [9.17, 15) is 5.11 Å². The molecule has 0 aliphatic carbocycles. The van der Waals surface area contributed by atoms with Crippen LogP contribution in [0.3, 0.4) is 0 Å². The molecular formula is C23H27N7O. The van der Waals surface area contributed by atoms with Gasteiger partial charge in [-0.1, -0.05) is 18.2 Å². The van der Waals surface area contributed by atoms with Crippen LogP contribution in [0.5, 0.6) is 5.75 Å². The molecule has 0 saturated carbocycles. The van der Waals surface area contributed by atoms with Crippen LogP contribution in [0.25, 0.3) is 12.2 Å². The normalized spacial score (nSPS) is 15.2. The molecule has 8 nitrogen and oxygen atoms in total. The first-order valence-electron chi connectivity index (χ1n) is 10.4. The van der Waals surface area contributed by atoms with Gasteiger partial charge in [-0.2, -0.15) is 0 Å². The van der Waals surface area contributed by atoms with Gasteiger partial charge in [0.2, 0.25) is 0 Å². The minimum atomic E-state index is -0.0539. The van der Waals surface area contributed by atoms with Crippen molar-refractivity contribution in [2.24, 2.45) is 0 Å². The summed E-state index contributed by atoms with van der Waals surface area (Å²) in [6.45, 7) is 7.75. The van der Waals surface area contributed by atoms with E-state index in [0.717, 1.165) is 60.6 Å². The third-order valence-corrected chi connectivity index (χ3v) is 5.08. The summed E-state index contributed by atoms with van der Waals surface area (Å²) in [6, 6.07) is 9.01. The molecule has 3 aromatic rings. The molecule has 31 heavy (non-hydrogen) atoms. The van der Waals surface area contributed by atoms with Gasteiger partial charge in [0, 0.05) is 32.2 Å². The number of nitrogens with one attached hydrogen (secondary N) is 2. The Morgan fingerprint density at radius 2 is 1.94 bits per heavy atom. The second-order valence-corrected chi connectivity index (χ2v) is 7.56. The number of piperazine rings is 1. The van der Waals surface area contributed by atoms with Gasteiger partial charge in [0.1, 0.15) is 23.2 Å². The Balaban J connectivity index is 1.42. The molecule has 1 fully saturated rings. The van der Waals surface area contributed by atoms with E-state index in [4.69, 9.17) is 0 Å². The van der Waals surface area contributed by atoms with E-state index in [1.54, 1.807) is 30.6 Å². The lowest BCUT2D eigenvalue weighted by Gasteiger charge is -2.29. The highest BCUT2D eigenvalue weighted by Gasteiger charge is 2.15. The van der Waals surface area contributed by atoms with E-state index in [1.807, 2.05) is 38.1 Å². The second kappa shape index (κ2) is 9.53. The lowest BCUT2D eigenvalue weighted by molar-refractivity contribution is 0.475. The maximum Gasteiger partial charge on any atom is 0.134 e. The topological polar surface area (TPSA) is 99.1 Å². The van der Waals surface area contributed by atoms with Crippen molar-refractivity contribution in [3.8, 4) is 5.75 Å². The van der Waals surface area contributed by atoms with Gasteiger partial charge in [-0.25, -0.2) is 9.97 Å². The van der Waals surface area contributed by atoms with Gasteiger partial charge in [0.25, 0.3) is 0 Å². The van der Waals surface area contributed by atoms with Crippen LogP contribution in [-0.2, 0) is 0 Å². The molecule has 1 aliphatic heterocycles. The fourth-order valence-corrected chi connectivity index (χ4v) is 3.45. The van der Waals surface area contributed by atoms with Gasteiger partial charge in [-0.15, -0.1) is 0 Å². The van der Waals surface area contributed by atoms with Crippen molar-refractivity contribution in [2.45, 2.75) is 19.9 Å². The number of hydrogen-bond donors (Lipinski definition) is 3. The fraction of sp³-hybridized carbons (Fsp3) is 0.304. The monoisotopic (exact) mass is 417 g/mol. The van der Waals surface area contributed by atoms with Crippen LogP contribution in [0.4, 0.5) is 11.6 Å². The molecule has 0 spiro atoms. The van der Waals surface area contributed by atoms with Crippen LogP contribution < -0.4 is 15.5 Å². The molecule has 160 valence electrons. The summed E-state index contributed by atoms with van der Waals surface area (Å²) in [6.07, 6.45) is 7.28. The molecule has 8 heteroatoms. The second-order valence-electron chi connectivity index (χ2n) is 7.56. The molecule has 3 N–H and O–H groups in total. The average Bonchev–Trinajstić information content (AvgIpc) is 2.78. The van der Waals surface area contributed by atoms with Crippen molar-refractivity contribution in [2.75, 3.05) is 36.4 Å². The smallest absolute Gasteiger partial charge is 0.134 e. The summed E-state index contributed by atoms with van der Waals surface area (Å²) >= 11 is 0. The Labute approximate surface area is 182 Å². The van der Waals surface area contributed by atoms with E-state index < -0.39 is 0 Å². The van der Waals surface area contributed by atoms with Gasteiger partial charge in [0.05, 0.1) is 29.8 Å². The summed E-state index contributed by atoms with van der Waals surface area (Å²) in [4.78, 5) is 20.4. The van der Waals surface area contributed by atoms with Gasteiger partial charge in [-0.05, 0) is 37.6 Å². The quantitative estimate of drug-likeness (QED) is 0.563. The molecule has 0 amide bonds. The molecule has 1 aliphatic rings. The van der Waals surface area contributed by atoms with Crippen LogP contribution >= 0.6 is 0 Å². The number of hydrogen-bond acceptors (Lipinski definition) is 8. The van der Waals surface area contributed by atoms with Gasteiger partial charge >= 0.3 is 0 Å². The zero-order valence-corrected chi connectivity index (χ0v) is 17.8. The maximum absolute atomic E-state index is 9.55. The number of aromatic hydroxyl groups is 1. The van der Waals surface area contributed by atoms with E-state index >= 15 is 0 Å². The summed E-state index contributed by atoms with van der Waals surface area (Å²) in [5, 5.41) is 16.3. The Hall–Kier alpha value is -3.52. The number of aromatic nitrogens is 4. The summed E-state index contributed by atoms with van der Waals surface area (Å²) < 4.78 is 0. The Bertz CT molecular complexity index is 1050. The zero-order chi connectivity index (χ0) is 21.6. The number of aryl methyl sites for hydroxylation is 1. The number of nitrogens with zero attached hydrogens (tertiary/aromatic N) is 5. The maximum atomic E-state index is 9.55. The first-order valence-corrected chi connectivity index (χ1v) is 10.4. The van der Waals surface area contributed by atoms with Crippen LogP contribution in [0, 0.1) is 6.92 Å². The van der Waals surface area contributed by atoms with E-state index in [2.05, 4.69) is 35.5 Å². The SMILES string of the molecule is Cc1nc(N[C@@H](C)c2cnc(/C=C/c3cccc(O)c3)cn2)cc(N2CCNCC2)n1. The number of phenols is 1. The average molecular weight is 418 g/mol. The van der Waals surface area contributed by atoms with E-state index in [-0.39, 0.29) is 11.8 Å². The molecule has 0 radical (unpaired) electrons. The summed E-state index contributed by atoms with van der Waals surface area (Å²) in [7, 11) is 0. The highest BCUT2D eigenvalue weighted by Crippen LogP contribution is 2.21. The molecule has 0 bridgehead atoms. The van der Waals surface area contributed by atoms with Gasteiger partial charge in [-0.3, -0.25) is 9.97 Å². The Morgan fingerprint density at radius 1 is 1.10 bits per heavy atom. The molecule has 1 saturated heterocycles. The van der Waals surface area contributed by atoms with Crippen LogP contribution in [-0.4, -0.2) is 51.2 Å². The molecule has 4 rings (SSSR count). The molecule has 1 atom stereocenters. The third-order valence-electron chi connectivity index (χ3n) is 5.08. The van der Waals surface area contributed by atoms with Crippen molar-refractivity contribution in [3.05, 3.63) is 65.5 Å². The van der Waals surface area contributed by atoms with Crippen molar-refractivity contribution in [3.63, 3.8) is 0 Å². The summed E-state index contributed by atoms with van der Waals surface area (Å²) in [5.41, 5.74) is 2.48. The molecule has 0 unspecified atom stereocenters. The van der Waals surface area contributed by atoms with Gasteiger partial charge in [0.15, 0.2) is 0 Å². The lowest BCUT2D eigenvalue weighted by atomic mass is 10.2. The van der Waals surface area contributed by atoms with Crippen LogP contribution in [0.1, 0.15) is 35.7 Å². The minimum Gasteiger partial charge on any atom is -0.508 e. The Morgan fingerprint density at radius 3 is 2.68 bits per heavy atom. The van der Waals surface area contributed by atoms with Crippen molar-refractivity contribution in [1.29, 1.82) is 0 Å². The first-order chi connectivity index (χ1) is 15.1. The standard InChI is InChI=1S/C23H27N7O/c1-16(27-22-13-23(29-17(2)28-22)30-10-8-24-9-11-30)21-15-25-19(14-26-21)7-6-18-4-3-5-20(31)12-18/h3-7,12-16,24,31H,8-11H2,1-2H3,(H,27,28,29)/b7-6+/t16-/m0/s1. The number of rotatable bonds is 6. The predicted octanol–water partition coefficient (Wildman–Crippen LogP) is 3.03.